The van der Waals surface area contributed by atoms with E-state index < -0.39 is 17.2 Å². The summed E-state index contributed by atoms with van der Waals surface area (Å²) in [6.07, 6.45) is 2.56. The third-order valence-corrected chi connectivity index (χ3v) is 7.81. The third-order valence-electron chi connectivity index (χ3n) is 7.81. The Morgan fingerprint density at radius 1 is 1.12 bits per heavy atom. The van der Waals surface area contributed by atoms with Gasteiger partial charge in [-0.05, 0) is 63.6 Å². The summed E-state index contributed by atoms with van der Waals surface area (Å²) in [5, 5.41) is 19.1. The summed E-state index contributed by atoms with van der Waals surface area (Å²) in [4.78, 5) is 33.3. The van der Waals surface area contributed by atoms with Gasteiger partial charge in [0.2, 0.25) is 5.88 Å². The number of anilines is 1. The fourth-order valence-corrected chi connectivity index (χ4v) is 5.95. The maximum absolute atomic E-state index is 12.7. The third kappa shape index (κ3) is 4.88. The molecule has 2 aromatic carbocycles. The van der Waals surface area contributed by atoms with Crippen LogP contribution in [-0.2, 0) is 10.3 Å². The van der Waals surface area contributed by atoms with Crippen LogP contribution in [0.4, 0.5) is 10.5 Å². The summed E-state index contributed by atoms with van der Waals surface area (Å²) >= 11 is 0. The van der Waals surface area contributed by atoms with E-state index in [9.17, 15) is 14.7 Å². The van der Waals surface area contributed by atoms with Crippen LogP contribution in [0.15, 0.2) is 60.7 Å². The molecule has 0 unspecified atom stereocenters. The van der Waals surface area contributed by atoms with E-state index in [0.29, 0.717) is 31.0 Å². The summed E-state index contributed by atoms with van der Waals surface area (Å²) in [6.45, 7) is 6.13. The molecule has 8 heteroatoms. The van der Waals surface area contributed by atoms with Gasteiger partial charge < -0.3 is 14.7 Å². The van der Waals surface area contributed by atoms with Gasteiger partial charge >= 0.3 is 6.09 Å². The minimum absolute atomic E-state index is 0.101. The first-order valence-corrected chi connectivity index (χ1v) is 13.7. The lowest BCUT2D eigenvalue weighted by atomic mass is 9.69. The summed E-state index contributed by atoms with van der Waals surface area (Å²) in [5.74, 6) is 0.228. The largest absolute Gasteiger partial charge is 0.466 e. The Labute approximate surface area is 234 Å². The summed E-state index contributed by atoms with van der Waals surface area (Å²) < 4.78 is 5.79. The molecule has 0 atom stereocenters. The van der Waals surface area contributed by atoms with E-state index in [1.165, 1.54) is 0 Å². The molecular formula is C32H34N4O4. The molecule has 1 fully saturated rings. The van der Waals surface area contributed by atoms with Crippen molar-refractivity contribution in [3.8, 4) is 34.3 Å². The Balaban J connectivity index is 1.58. The van der Waals surface area contributed by atoms with Crippen molar-refractivity contribution >= 4 is 17.7 Å². The number of ether oxygens (including phenoxy) is 1. The molecule has 1 N–H and O–H groups in total. The molecule has 1 saturated carbocycles. The smallest absolute Gasteiger partial charge is 0.408 e. The molecule has 0 saturated heterocycles. The van der Waals surface area contributed by atoms with Crippen molar-refractivity contribution in [2.24, 2.45) is 0 Å². The quantitative estimate of drug-likeness (QED) is 0.340. The molecule has 2 aliphatic rings. The number of carbonyl (C=O) groups is 2. The van der Waals surface area contributed by atoms with Gasteiger partial charge in [-0.25, -0.2) is 9.78 Å². The number of unbranched alkanes of at least 4 members (excludes halogenated alkanes) is 1. The van der Waals surface area contributed by atoms with E-state index >= 15 is 0 Å². The molecule has 1 aliphatic carbocycles. The predicted octanol–water partition coefficient (Wildman–Crippen LogP) is 6.60. The fraction of sp³-hybridized carbons (Fsp3) is 0.375. The highest BCUT2D eigenvalue weighted by Gasteiger charge is 2.50. The number of hydrogen-bond acceptors (Lipinski definition) is 5. The first-order valence-electron chi connectivity index (χ1n) is 13.7. The molecule has 0 spiro atoms. The van der Waals surface area contributed by atoms with Gasteiger partial charge in [0.1, 0.15) is 5.69 Å². The second kappa shape index (κ2) is 10.6. The first kappa shape index (κ1) is 27.2. The Hall–Kier alpha value is -4.38. The number of carboxylic acid groups (broad SMARTS) is 1. The van der Waals surface area contributed by atoms with Gasteiger partial charge in [0.25, 0.3) is 5.91 Å². The molecule has 5 rings (SSSR count). The van der Waals surface area contributed by atoms with Crippen molar-refractivity contribution in [3.05, 3.63) is 66.2 Å². The highest BCUT2D eigenvalue weighted by molar-refractivity contribution is 5.99. The molecule has 1 aromatic heterocycles. The number of rotatable bonds is 7. The molecule has 2 heterocycles. The van der Waals surface area contributed by atoms with Crippen molar-refractivity contribution in [1.29, 1.82) is 5.26 Å². The lowest BCUT2D eigenvalue weighted by Crippen LogP contribution is -2.60. The number of benzene rings is 2. The standard InChI is InChI=1S/C32H34N4O4/c1-31(2,3)36(30(38)39)32(16-9-17-32)24-14-12-23(13-15-24)28-25(22-10-5-4-6-11-22)20-26-29(34-28)40-21-27(37)35(26)19-8-7-18-33/h4-6,10-15,20H,7-9,16-17,19,21H2,1-3H3,(H,38,39). The highest BCUT2D eigenvalue weighted by Crippen LogP contribution is 2.50. The van der Waals surface area contributed by atoms with Crippen molar-refractivity contribution in [2.75, 3.05) is 18.1 Å². The summed E-state index contributed by atoms with van der Waals surface area (Å²) in [5.41, 5.74) is 3.88. The number of aromatic nitrogens is 1. The van der Waals surface area contributed by atoms with E-state index in [-0.39, 0.29) is 12.5 Å². The Morgan fingerprint density at radius 2 is 1.82 bits per heavy atom. The van der Waals surface area contributed by atoms with Crippen LogP contribution in [0, 0.1) is 11.3 Å². The maximum atomic E-state index is 12.7. The summed E-state index contributed by atoms with van der Waals surface area (Å²) in [6, 6.07) is 22.0. The lowest BCUT2D eigenvalue weighted by Gasteiger charge is -2.54. The monoisotopic (exact) mass is 538 g/mol. The van der Waals surface area contributed by atoms with Crippen LogP contribution in [0.2, 0.25) is 0 Å². The number of amides is 2. The van der Waals surface area contributed by atoms with Crippen LogP contribution in [0.5, 0.6) is 5.88 Å². The van der Waals surface area contributed by atoms with E-state index in [0.717, 1.165) is 47.2 Å². The SMILES string of the molecule is CC(C)(C)N(C(=O)O)C1(c2ccc(-c3nc4c(cc3-c3ccccc3)N(CCCC#N)C(=O)CO4)cc2)CCC1. The van der Waals surface area contributed by atoms with Crippen LogP contribution in [0.3, 0.4) is 0 Å². The lowest BCUT2D eigenvalue weighted by molar-refractivity contribution is -0.121. The molecule has 0 bridgehead atoms. The van der Waals surface area contributed by atoms with Gasteiger partial charge in [0.05, 0.1) is 17.3 Å². The molecule has 1 aliphatic heterocycles. The number of pyridine rings is 1. The van der Waals surface area contributed by atoms with Crippen molar-refractivity contribution in [2.45, 2.75) is 64.0 Å². The fourth-order valence-electron chi connectivity index (χ4n) is 5.95. The average Bonchev–Trinajstić information content (AvgIpc) is 2.91. The van der Waals surface area contributed by atoms with Crippen molar-refractivity contribution in [1.82, 2.24) is 9.88 Å². The maximum Gasteiger partial charge on any atom is 0.408 e. The van der Waals surface area contributed by atoms with Gasteiger partial charge in [-0.15, -0.1) is 0 Å². The topological polar surface area (TPSA) is 107 Å². The van der Waals surface area contributed by atoms with Crippen LogP contribution in [0.1, 0.15) is 58.4 Å². The van der Waals surface area contributed by atoms with E-state index in [1.807, 2.05) is 81.4 Å². The number of nitrogens with zero attached hydrogens (tertiary/aromatic N) is 4. The number of nitriles is 1. The highest BCUT2D eigenvalue weighted by atomic mass is 16.5. The van der Waals surface area contributed by atoms with Crippen LogP contribution in [0.25, 0.3) is 22.4 Å². The van der Waals surface area contributed by atoms with Crippen molar-refractivity contribution in [3.63, 3.8) is 0 Å². The molecular weight excluding hydrogens is 504 g/mol. The van der Waals surface area contributed by atoms with Gasteiger partial charge in [-0.1, -0.05) is 54.6 Å². The molecule has 206 valence electrons. The summed E-state index contributed by atoms with van der Waals surface area (Å²) in [7, 11) is 0. The van der Waals surface area contributed by atoms with Gasteiger partial charge in [0.15, 0.2) is 6.61 Å². The molecule has 40 heavy (non-hydrogen) atoms. The second-order valence-corrected chi connectivity index (χ2v) is 11.4. The van der Waals surface area contributed by atoms with E-state index in [2.05, 4.69) is 6.07 Å². The number of fused-ring (bicyclic) bond motifs is 1. The Bertz CT molecular complexity index is 1450. The van der Waals surface area contributed by atoms with Crippen LogP contribution in [-0.4, -0.2) is 45.7 Å². The molecule has 3 aromatic rings. The van der Waals surface area contributed by atoms with E-state index in [1.54, 1.807) is 9.80 Å². The molecule has 2 amide bonds. The number of carbonyl (C=O) groups excluding carboxylic acids is 1. The van der Waals surface area contributed by atoms with Gasteiger partial charge in [0, 0.05) is 29.6 Å². The van der Waals surface area contributed by atoms with Gasteiger partial charge in [-0.2, -0.15) is 5.26 Å². The van der Waals surface area contributed by atoms with E-state index in [4.69, 9.17) is 15.0 Å². The van der Waals surface area contributed by atoms with Crippen molar-refractivity contribution < 1.29 is 19.4 Å². The average molecular weight is 539 g/mol. The van der Waals surface area contributed by atoms with Crippen LogP contribution < -0.4 is 9.64 Å². The minimum Gasteiger partial charge on any atom is -0.466 e. The Morgan fingerprint density at radius 3 is 2.40 bits per heavy atom. The minimum atomic E-state index is -0.912. The van der Waals surface area contributed by atoms with Gasteiger partial charge in [-0.3, -0.25) is 9.69 Å². The first-order chi connectivity index (χ1) is 19.2. The predicted molar refractivity (Wildman–Crippen MR) is 153 cm³/mol. The molecule has 8 nitrogen and oxygen atoms in total. The normalized spacial score (nSPS) is 15.8. The zero-order valence-corrected chi connectivity index (χ0v) is 23.2. The van der Waals surface area contributed by atoms with Crippen LogP contribution >= 0.6 is 0 Å². The molecule has 0 radical (unpaired) electrons. The Kier molecular flexibility index (Phi) is 7.24. The second-order valence-electron chi connectivity index (χ2n) is 11.4. The zero-order chi connectivity index (χ0) is 28.5. The number of hydrogen-bond donors (Lipinski definition) is 1. The zero-order valence-electron chi connectivity index (χ0n) is 23.2.